The Labute approximate surface area is 114 Å². The van der Waals surface area contributed by atoms with E-state index in [0.717, 1.165) is 18.7 Å². The molecule has 0 radical (unpaired) electrons. The Morgan fingerprint density at radius 3 is 2.84 bits per heavy atom. The number of carbonyl (C=O) groups is 1. The van der Waals surface area contributed by atoms with Crippen molar-refractivity contribution in [2.24, 2.45) is 0 Å². The molecule has 1 aliphatic heterocycles. The van der Waals surface area contributed by atoms with E-state index in [1.165, 1.54) is 31.0 Å². The van der Waals surface area contributed by atoms with Crippen LogP contribution in [0.2, 0.25) is 0 Å². The Kier molecular flexibility index (Phi) is 5.01. The molecule has 0 saturated carbocycles. The van der Waals surface area contributed by atoms with Gasteiger partial charge in [0, 0.05) is 24.9 Å². The van der Waals surface area contributed by atoms with Gasteiger partial charge in [0.1, 0.15) is 0 Å². The fourth-order valence-corrected chi connectivity index (χ4v) is 2.33. The summed E-state index contributed by atoms with van der Waals surface area (Å²) in [7, 11) is 0. The molecule has 1 aliphatic rings. The molecular formula is C16H21NO2. The first kappa shape index (κ1) is 13.7. The molecule has 0 unspecified atom stereocenters. The second kappa shape index (κ2) is 6.98. The summed E-state index contributed by atoms with van der Waals surface area (Å²) in [6, 6.07) is 8.30. The molecular weight excluding hydrogens is 238 g/mol. The highest BCUT2D eigenvalue weighted by molar-refractivity contribution is 5.87. The molecule has 0 amide bonds. The summed E-state index contributed by atoms with van der Waals surface area (Å²) in [5.74, 6) is -0.286. The van der Waals surface area contributed by atoms with Gasteiger partial charge in [-0.3, -0.25) is 0 Å². The van der Waals surface area contributed by atoms with E-state index >= 15 is 0 Å². The highest BCUT2D eigenvalue weighted by atomic mass is 16.5. The van der Waals surface area contributed by atoms with Crippen LogP contribution in [0.25, 0.3) is 6.08 Å². The van der Waals surface area contributed by atoms with Crippen LogP contribution < -0.4 is 4.90 Å². The zero-order valence-electron chi connectivity index (χ0n) is 11.5. The summed E-state index contributed by atoms with van der Waals surface area (Å²) in [5.41, 5.74) is 2.28. The number of hydrogen-bond acceptors (Lipinski definition) is 3. The van der Waals surface area contributed by atoms with Gasteiger partial charge < -0.3 is 9.64 Å². The zero-order chi connectivity index (χ0) is 13.5. The van der Waals surface area contributed by atoms with Gasteiger partial charge in [0.25, 0.3) is 0 Å². The molecule has 0 aromatic heterocycles. The lowest BCUT2D eigenvalue weighted by Gasteiger charge is -2.29. The molecule has 1 aromatic carbocycles. The van der Waals surface area contributed by atoms with Crippen LogP contribution in [0.3, 0.4) is 0 Å². The average molecular weight is 259 g/mol. The van der Waals surface area contributed by atoms with Crippen molar-refractivity contribution in [3.63, 3.8) is 0 Å². The summed E-state index contributed by atoms with van der Waals surface area (Å²) >= 11 is 0. The number of esters is 1. The number of hydrogen-bond donors (Lipinski definition) is 0. The summed E-state index contributed by atoms with van der Waals surface area (Å²) in [4.78, 5) is 13.7. The number of nitrogens with zero attached hydrogens (tertiary/aromatic N) is 1. The van der Waals surface area contributed by atoms with Crippen molar-refractivity contribution in [2.75, 3.05) is 24.6 Å². The second-order valence-corrected chi connectivity index (χ2v) is 4.73. The van der Waals surface area contributed by atoms with Crippen molar-refractivity contribution in [3.8, 4) is 0 Å². The minimum Gasteiger partial charge on any atom is -0.463 e. The zero-order valence-corrected chi connectivity index (χ0v) is 11.5. The van der Waals surface area contributed by atoms with Gasteiger partial charge in [0.15, 0.2) is 0 Å². The largest absolute Gasteiger partial charge is 0.463 e. The van der Waals surface area contributed by atoms with E-state index < -0.39 is 0 Å². The number of piperidine rings is 1. The summed E-state index contributed by atoms with van der Waals surface area (Å²) in [6.07, 6.45) is 7.16. The molecule has 1 aromatic rings. The van der Waals surface area contributed by atoms with E-state index in [-0.39, 0.29) is 5.97 Å². The topological polar surface area (TPSA) is 29.5 Å². The van der Waals surface area contributed by atoms with Gasteiger partial charge in [-0.2, -0.15) is 0 Å². The van der Waals surface area contributed by atoms with Crippen LogP contribution in [0, 0.1) is 0 Å². The van der Waals surface area contributed by atoms with Gasteiger partial charge in [-0.15, -0.1) is 0 Å². The van der Waals surface area contributed by atoms with E-state index in [9.17, 15) is 4.79 Å². The van der Waals surface area contributed by atoms with Crippen LogP contribution in [-0.4, -0.2) is 25.7 Å². The van der Waals surface area contributed by atoms with Crippen LogP contribution in [0.5, 0.6) is 0 Å². The summed E-state index contributed by atoms with van der Waals surface area (Å²) < 4.78 is 4.87. The van der Waals surface area contributed by atoms with E-state index in [0.29, 0.717) is 6.61 Å². The van der Waals surface area contributed by atoms with E-state index in [2.05, 4.69) is 17.0 Å². The van der Waals surface area contributed by atoms with Gasteiger partial charge >= 0.3 is 5.97 Å². The Hall–Kier alpha value is -1.77. The van der Waals surface area contributed by atoms with Gasteiger partial charge in [0.05, 0.1) is 6.61 Å². The third-order valence-electron chi connectivity index (χ3n) is 3.29. The van der Waals surface area contributed by atoms with Crippen LogP contribution in [0.15, 0.2) is 30.3 Å². The third-order valence-corrected chi connectivity index (χ3v) is 3.29. The minimum absolute atomic E-state index is 0.286. The number of anilines is 1. The lowest BCUT2D eigenvalue weighted by Crippen LogP contribution is -2.29. The van der Waals surface area contributed by atoms with Crippen molar-refractivity contribution in [1.82, 2.24) is 0 Å². The maximum absolute atomic E-state index is 11.3. The average Bonchev–Trinajstić information content (AvgIpc) is 2.47. The molecule has 2 rings (SSSR count). The second-order valence-electron chi connectivity index (χ2n) is 4.73. The summed E-state index contributed by atoms with van der Waals surface area (Å²) in [5, 5.41) is 0. The van der Waals surface area contributed by atoms with Crippen molar-refractivity contribution in [1.29, 1.82) is 0 Å². The molecule has 0 aliphatic carbocycles. The minimum atomic E-state index is -0.286. The fourth-order valence-electron chi connectivity index (χ4n) is 2.33. The highest BCUT2D eigenvalue weighted by Gasteiger charge is 2.10. The van der Waals surface area contributed by atoms with Crippen LogP contribution in [0.1, 0.15) is 31.7 Å². The van der Waals surface area contributed by atoms with Crippen LogP contribution in [0.4, 0.5) is 5.69 Å². The van der Waals surface area contributed by atoms with Gasteiger partial charge in [-0.1, -0.05) is 12.1 Å². The molecule has 0 atom stereocenters. The van der Waals surface area contributed by atoms with Crippen molar-refractivity contribution in [3.05, 3.63) is 35.9 Å². The molecule has 0 bridgehead atoms. The lowest BCUT2D eigenvalue weighted by atomic mass is 10.1. The Morgan fingerprint density at radius 1 is 1.32 bits per heavy atom. The van der Waals surface area contributed by atoms with Gasteiger partial charge in [-0.25, -0.2) is 4.79 Å². The predicted octanol–water partition coefficient (Wildman–Crippen LogP) is 3.25. The molecule has 1 heterocycles. The number of ether oxygens (including phenoxy) is 1. The molecule has 102 valence electrons. The van der Waals surface area contributed by atoms with E-state index in [4.69, 9.17) is 4.74 Å². The first-order valence-corrected chi connectivity index (χ1v) is 6.99. The van der Waals surface area contributed by atoms with Gasteiger partial charge in [-0.05, 0) is 50.0 Å². The normalized spacial score (nSPS) is 15.7. The molecule has 1 saturated heterocycles. The number of benzene rings is 1. The van der Waals surface area contributed by atoms with Crippen molar-refractivity contribution < 1.29 is 9.53 Å². The molecule has 3 heteroatoms. The Balaban J connectivity index is 2.04. The van der Waals surface area contributed by atoms with Crippen LogP contribution >= 0.6 is 0 Å². The van der Waals surface area contributed by atoms with Gasteiger partial charge in [0.2, 0.25) is 0 Å². The first-order chi connectivity index (χ1) is 9.29. The highest BCUT2D eigenvalue weighted by Crippen LogP contribution is 2.21. The molecule has 1 fully saturated rings. The third kappa shape index (κ3) is 4.12. The first-order valence-electron chi connectivity index (χ1n) is 6.99. The number of rotatable bonds is 4. The summed E-state index contributed by atoms with van der Waals surface area (Å²) in [6.45, 7) is 4.48. The smallest absolute Gasteiger partial charge is 0.330 e. The van der Waals surface area contributed by atoms with E-state index in [1.54, 1.807) is 0 Å². The van der Waals surface area contributed by atoms with E-state index in [1.807, 2.05) is 25.1 Å². The molecule has 0 spiro atoms. The predicted molar refractivity (Wildman–Crippen MR) is 78.2 cm³/mol. The molecule has 3 nitrogen and oxygen atoms in total. The molecule has 0 N–H and O–H groups in total. The number of carbonyl (C=O) groups excluding carboxylic acids is 1. The van der Waals surface area contributed by atoms with Crippen molar-refractivity contribution in [2.45, 2.75) is 26.2 Å². The molecule has 19 heavy (non-hydrogen) atoms. The van der Waals surface area contributed by atoms with Crippen molar-refractivity contribution >= 4 is 17.7 Å². The Bertz CT molecular complexity index is 448. The standard InChI is InChI=1S/C16H21NO2/c1-2-19-16(18)10-9-14-7-6-8-15(13-14)17-11-4-3-5-12-17/h6-10,13H,2-5,11-12H2,1H3. The SMILES string of the molecule is CCOC(=O)C=Cc1cccc(N2CCCCC2)c1. The monoisotopic (exact) mass is 259 g/mol. The quantitative estimate of drug-likeness (QED) is 0.614. The Morgan fingerprint density at radius 2 is 2.11 bits per heavy atom. The van der Waals surface area contributed by atoms with Crippen LogP contribution in [-0.2, 0) is 9.53 Å². The maximum Gasteiger partial charge on any atom is 0.330 e. The fraction of sp³-hybridized carbons (Fsp3) is 0.438. The lowest BCUT2D eigenvalue weighted by molar-refractivity contribution is -0.137. The maximum atomic E-state index is 11.3.